The van der Waals surface area contributed by atoms with Crippen molar-refractivity contribution in [2.45, 2.75) is 18.3 Å². The average Bonchev–Trinajstić information content (AvgIpc) is 2.95. The molecule has 0 saturated carbocycles. The first kappa shape index (κ1) is 27.3. The van der Waals surface area contributed by atoms with Gasteiger partial charge in [-0.3, -0.25) is 0 Å². The molecule has 0 bridgehead atoms. The van der Waals surface area contributed by atoms with Crippen LogP contribution in [0.25, 0.3) is 0 Å². The minimum absolute atomic E-state index is 0.0198. The van der Waals surface area contributed by atoms with Gasteiger partial charge in [0.1, 0.15) is 0 Å². The van der Waals surface area contributed by atoms with Gasteiger partial charge in [0, 0.05) is 11.8 Å². The molecule has 0 unspecified atom stereocenters. The second kappa shape index (κ2) is 11.8. The number of ether oxygens (including phenoxy) is 4. The third-order valence-corrected chi connectivity index (χ3v) is 6.90. The number of aromatic hydroxyl groups is 4. The molecule has 0 aromatic heterocycles. The molecule has 0 amide bonds. The molecule has 0 fully saturated rings. The zero-order valence-electron chi connectivity index (χ0n) is 22.2. The largest absolute Gasteiger partial charge is 0.504 e. The molecule has 8 heteroatoms. The SMILES string of the molecule is COc1cc(C(CC(c2ccc(O)c(OC)c2)c2ccc(O)c(OC)c2)c2ccc(O)c(OC)c2)ccc1O. The lowest BCUT2D eigenvalue weighted by Gasteiger charge is -2.27. The van der Waals surface area contributed by atoms with E-state index in [2.05, 4.69) is 0 Å². The third kappa shape index (κ3) is 5.75. The van der Waals surface area contributed by atoms with Crippen LogP contribution in [0.1, 0.15) is 40.5 Å². The molecule has 39 heavy (non-hydrogen) atoms. The summed E-state index contributed by atoms with van der Waals surface area (Å²) in [4.78, 5) is 0. The molecule has 0 spiro atoms. The van der Waals surface area contributed by atoms with E-state index in [9.17, 15) is 20.4 Å². The van der Waals surface area contributed by atoms with Crippen LogP contribution in [0.5, 0.6) is 46.0 Å². The summed E-state index contributed by atoms with van der Waals surface area (Å²) in [6.45, 7) is 0. The summed E-state index contributed by atoms with van der Waals surface area (Å²) in [5.74, 6) is 0.873. The summed E-state index contributed by atoms with van der Waals surface area (Å²) in [6.07, 6.45) is 0.504. The topological polar surface area (TPSA) is 118 Å². The second-order valence-electron chi connectivity index (χ2n) is 9.07. The predicted molar refractivity (Wildman–Crippen MR) is 147 cm³/mol. The van der Waals surface area contributed by atoms with Crippen LogP contribution in [-0.2, 0) is 0 Å². The highest BCUT2D eigenvalue weighted by Gasteiger charge is 2.26. The van der Waals surface area contributed by atoms with Gasteiger partial charge in [-0.15, -0.1) is 0 Å². The number of phenols is 4. The maximum atomic E-state index is 10.3. The molecule has 204 valence electrons. The molecule has 8 nitrogen and oxygen atoms in total. The first-order chi connectivity index (χ1) is 18.8. The fourth-order valence-corrected chi connectivity index (χ4v) is 4.81. The molecule has 4 aromatic carbocycles. The highest BCUT2D eigenvalue weighted by Crippen LogP contribution is 2.45. The monoisotopic (exact) mass is 532 g/mol. The highest BCUT2D eigenvalue weighted by molar-refractivity contribution is 5.52. The maximum absolute atomic E-state index is 10.3. The van der Waals surface area contributed by atoms with E-state index in [-0.39, 0.29) is 34.8 Å². The summed E-state index contributed by atoms with van der Waals surface area (Å²) in [5, 5.41) is 41.0. The van der Waals surface area contributed by atoms with Gasteiger partial charge < -0.3 is 39.4 Å². The minimum Gasteiger partial charge on any atom is -0.504 e. The van der Waals surface area contributed by atoms with E-state index in [0.29, 0.717) is 29.4 Å². The number of methoxy groups -OCH3 is 4. The Balaban J connectivity index is 1.92. The standard InChI is InChI=1S/C31H32O8/c1-36-28-13-18(5-9-24(28)32)22(19-6-10-25(33)29(14-19)37-2)17-23(20-7-11-26(34)30(15-20)38-3)21-8-12-27(35)31(16-21)39-4/h5-16,22-23,32-35H,17H2,1-4H3. The van der Waals surface area contributed by atoms with Crippen LogP contribution < -0.4 is 18.9 Å². The molecule has 0 saturated heterocycles. The third-order valence-electron chi connectivity index (χ3n) is 6.90. The molecule has 4 N–H and O–H groups in total. The summed E-state index contributed by atoms with van der Waals surface area (Å²) >= 11 is 0. The van der Waals surface area contributed by atoms with Crippen LogP contribution in [0.15, 0.2) is 72.8 Å². The van der Waals surface area contributed by atoms with Gasteiger partial charge in [-0.05, 0) is 77.2 Å². The smallest absolute Gasteiger partial charge is 0.160 e. The van der Waals surface area contributed by atoms with Crippen molar-refractivity contribution in [2.75, 3.05) is 28.4 Å². The highest BCUT2D eigenvalue weighted by atomic mass is 16.5. The molecule has 0 aliphatic heterocycles. The van der Waals surface area contributed by atoms with Crippen molar-refractivity contribution in [3.8, 4) is 46.0 Å². The van der Waals surface area contributed by atoms with Crippen LogP contribution >= 0.6 is 0 Å². The van der Waals surface area contributed by atoms with Crippen LogP contribution in [0.4, 0.5) is 0 Å². The molecule has 0 aliphatic carbocycles. The fraction of sp³-hybridized carbons (Fsp3) is 0.226. The quantitative estimate of drug-likeness (QED) is 0.200. The van der Waals surface area contributed by atoms with Crippen molar-refractivity contribution in [2.24, 2.45) is 0 Å². The van der Waals surface area contributed by atoms with Crippen molar-refractivity contribution in [3.63, 3.8) is 0 Å². The van der Waals surface area contributed by atoms with E-state index >= 15 is 0 Å². The lowest BCUT2D eigenvalue weighted by molar-refractivity contribution is 0.370. The number of phenolic OH excluding ortho intramolecular Hbond substituents is 4. The summed E-state index contributed by atoms with van der Waals surface area (Å²) in [6, 6.07) is 20.8. The van der Waals surface area contributed by atoms with Crippen LogP contribution in [0.3, 0.4) is 0 Å². The minimum atomic E-state index is -0.265. The van der Waals surface area contributed by atoms with Gasteiger partial charge in [0.05, 0.1) is 28.4 Å². The zero-order valence-corrected chi connectivity index (χ0v) is 22.2. The van der Waals surface area contributed by atoms with E-state index in [4.69, 9.17) is 18.9 Å². The summed E-state index contributed by atoms with van der Waals surface area (Å²) in [5.41, 5.74) is 3.44. The second-order valence-corrected chi connectivity index (χ2v) is 9.07. The Kier molecular flexibility index (Phi) is 8.24. The normalized spacial score (nSPS) is 11.0. The lowest BCUT2D eigenvalue weighted by Crippen LogP contribution is -2.11. The van der Waals surface area contributed by atoms with Crippen LogP contribution in [0.2, 0.25) is 0 Å². The van der Waals surface area contributed by atoms with Gasteiger partial charge in [-0.2, -0.15) is 0 Å². The Morgan fingerprint density at radius 1 is 0.436 bits per heavy atom. The van der Waals surface area contributed by atoms with Gasteiger partial charge in [0.15, 0.2) is 46.0 Å². The number of hydrogen-bond donors (Lipinski definition) is 4. The Hall–Kier alpha value is -4.72. The zero-order chi connectivity index (χ0) is 28.1. The summed E-state index contributed by atoms with van der Waals surface area (Å²) < 4.78 is 21.6. The molecule has 0 heterocycles. The van der Waals surface area contributed by atoms with Crippen LogP contribution in [0, 0.1) is 0 Å². The Labute approximate surface area is 227 Å². The molecule has 4 rings (SSSR count). The molecule has 0 aliphatic rings. The van der Waals surface area contributed by atoms with E-state index < -0.39 is 0 Å². The number of rotatable bonds is 10. The molecular formula is C31H32O8. The van der Waals surface area contributed by atoms with E-state index in [1.807, 2.05) is 24.3 Å². The Morgan fingerprint density at radius 2 is 0.667 bits per heavy atom. The first-order valence-electron chi connectivity index (χ1n) is 12.3. The molecule has 4 aromatic rings. The fourth-order valence-electron chi connectivity index (χ4n) is 4.81. The number of benzene rings is 4. The van der Waals surface area contributed by atoms with Crippen molar-refractivity contribution < 1.29 is 39.4 Å². The van der Waals surface area contributed by atoms with Crippen LogP contribution in [-0.4, -0.2) is 48.9 Å². The van der Waals surface area contributed by atoms with Gasteiger partial charge in [-0.25, -0.2) is 0 Å². The van der Waals surface area contributed by atoms with Gasteiger partial charge in [0.25, 0.3) is 0 Å². The van der Waals surface area contributed by atoms with E-state index in [1.165, 1.54) is 28.4 Å². The Bertz CT molecular complexity index is 1230. The van der Waals surface area contributed by atoms with Crippen molar-refractivity contribution in [3.05, 3.63) is 95.1 Å². The van der Waals surface area contributed by atoms with Gasteiger partial charge >= 0.3 is 0 Å². The lowest BCUT2D eigenvalue weighted by atomic mass is 9.78. The van der Waals surface area contributed by atoms with Gasteiger partial charge in [0.2, 0.25) is 0 Å². The average molecular weight is 533 g/mol. The molecule has 0 radical (unpaired) electrons. The molecular weight excluding hydrogens is 500 g/mol. The van der Waals surface area contributed by atoms with E-state index in [0.717, 1.165) is 22.3 Å². The van der Waals surface area contributed by atoms with Gasteiger partial charge in [-0.1, -0.05) is 24.3 Å². The summed E-state index contributed by atoms with van der Waals surface area (Å²) in [7, 11) is 5.97. The predicted octanol–water partition coefficient (Wildman–Crippen LogP) is 5.90. The Morgan fingerprint density at radius 3 is 0.872 bits per heavy atom. The van der Waals surface area contributed by atoms with Crippen molar-refractivity contribution >= 4 is 0 Å². The van der Waals surface area contributed by atoms with E-state index in [1.54, 1.807) is 48.5 Å². The number of hydrogen-bond acceptors (Lipinski definition) is 8. The first-order valence-corrected chi connectivity index (χ1v) is 12.3. The van der Waals surface area contributed by atoms with Crippen molar-refractivity contribution in [1.82, 2.24) is 0 Å². The molecule has 0 atom stereocenters. The maximum Gasteiger partial charge on any atom is 0.160 e. The van der Waals surface area contributed by atoms with Crippen molar-refractivity contribution in [1.29, 1.82) is 0 Å².